The second-order valence-corrected chi connectivity index (χ2v) is 29.8. The van der Waals surface area contributed by atoms with Crippen molar-refractivity contribution >= 4 is 87.3 Å². The van der Waals surface area contributed by atoms with Crippen molar-refractivity contribution < 1.29 is 88.2 Å². The zero-order valence-electron chi connectivity index (χ0n) is 62.4. The Morgan fingerprint density at radius 3 is 1.41 bits per heavy atom. The van der Waals surface area contributed by atoms with Crippen LogP contribution in [-0.2, 0) is 83.2 Å². The summed E-state index contributed by atoms with van der Waals surface area (Å²) in [6, 6.07) is 20.9. The molecule has 1 aromatic heterocycles. The lowest BCUT2D eigenvalue weighted by Gasteiger charge is -2.28. The second kappa shape index (κ2) is 43.6. The van der Waals surface area contributed by atoms with Crippen molar-refractivity contribution in [1.29, 1.82) is 0 Å². The van der Waals surface area contributed by atoms with Gasteiger partial charge in [0.05, 0.1) is 49.7 Å². The van der Waals surface area contributed by atoms with E-state index in [2.05, 4.69) is 36.6 Å². The number of aliphatic hydroxyl groups is 2. The summed E-state index contributed by atoms with van der Waals surface area (Å²) in [6.45, 7) is 6.94. The number of aliphatic carboxylic acids is 2. The molecule has 0 radical (unpaired) electrons. The Hall–Kier alpha value is -10.2. The van der Waals surface area contributed by atoms with Gasteiger partial charge in [-0.15, -0.1) is 0 Å². The summed E-state index contributed by atoms with van der Waals surface area (Å²) in [4.78, 5) is 177. The maximum atomic E-state index is 15.2. The number of rotatable bonds is 48. The monoisotopic (exact) mass is 1500 g/mol. The summed E-state index contributed by atoms with van der Waals surface area (Å²) in [6.07, 6.45) is 3.07. The first-order valence-electron chi connectivity index (χ1n) is 37.4. The zero-order valence-corrected chi connectivity index (χ0v) is 62.4. The fourth-order valence-corrected chi connectivity index (χ4v) is 14.0. The van der Waals surface area contributed by atoms with Gasteiger partial charge in [0.1, 0.15) is 17.5 Å². The Morgan fingerprint density at radius 2 is 0.907 bits per heavy atom. The number of aromatic hydroxyl groups is 2. The molecule has 6 rings (SSSR count). The molecule has 0 spiro atoms. The molecule has 586 valence electrons. The van der Waals surface area contributed by atoms with Crippen molar-refractivity contribution in [2.45, 2.75) is 193 Å². The third-order valence-corrected chi connectivity index (χ3v) is 19.9. The number of aromatic amines is 1. The standard InChI is InChI=1S/C81H109N9O18/c1-47(2)31-55(77(104)88-66(37-53-24-28-61(94)29-25-53)70(96)41-56(32-48(3)4)78(105)89-67(72(98)43-59(45-91)80(107)108)38-58-44-85-63-21-13-12-20-62(58)63)40-69(95)65(36-52-22-26-60(93)27-23-52)87-76(103)54(19-14-30-84-81(82)83)39-73(99)68(46-92)90-79(106)57(34-50-15-8-6-9-16-50)42-71(97)64(35-51-17-10-7-11-18-51)86-75(102)49(5)33-74(100)101/h6,8-9,12-13,15-16,20-29,44,47-49,51,54-57,59,64-68,85,91-94H,7,10-11,14,17-19,30-43,45-46H2,1-5H3,(H,86,102)(H,87,103)(H,88,104)(H,89,105)(H,90,106)(H,100,101)(H,107,108)(H4,82,83,84)/t49-,54-,55+,56+,57+,59-,64-,65-,66-,67-,68+/m0/s1. The van der Waals surface area contributed by atoms with Crippen LogP contribution in [0.5, 0.6) is 11.5 Å². The third-order valence-electron chi connectivity index (χ3n) is 19.9. The van der Waals surface area contributed by atoms with Gasteiger partial charge < -0.3 is 73.7 Å². The Kier molecular flexibility index (Phi) is 35.0. The number of carbonyl (C=O) groups excluding carboxylic acids is 10. The Labute approximate surface area is 630 Å². The average Bonchev–Trinajstić information content (AvgIpc) is 1.62. The predicted molar refractivity (Wildman–Crippen MR) is 404 cm³/mol. The number of amides is 5. The number of aliphatic imine (C=N–C) groups is 1. The van der Waals surface area contributed by atoms with Crippen LogP contribution >= 0.6 is 0 Å². The van der Waals surface area contributed by atoms with Crippen LogP contribution in [0, 0.1) is 53.3 Å². The number of para-hydroxylation sites is 1. The van der Waals surface area contributed by atoms with E-state index in [1.54, 1.807) is 54.7 Å². The Bertz CT molecular complexity index is 3870. The van der Waals surface area contributed by atoms with Crippen molar-refractivity contribution in [3.05, 3.63) is 132 Å². The van der Waals surface area contributed by atoms with Crippen LogP contribution in [0.3, 0.4) is 0 Å². The molecule has 5 amide bonds. The number of hydrogen-bond donors (Lipinski definition) is 14. The minimum Gasteiger partial charge on any atom is -0.508 e. The lowest BCUT2D eigenvalue weighted by atomic mass is 9.82. The van der Waals surface area contributed by atoms with E-state index in [9.17, 15) is 69.0 Å². The molecule has 0 unspecified atom stereocenters. The Morgan fingerprint density at radius 1 is 0.472 bits per heavy atom. The lowest BCUT2D eigenvalue weighted by molar-refractivity contribution is -0.145. The van der Waals surface area contributed by atoms with Gasteiger partial charge in [-0.05, 0) is 122 Å². The smallest absolute Gasteiger partial charge is 0.309 e. The van der Waals surface area contributed by atoms with Gasteiger partial charge in [0, 0.05) is 91.8 Å². The van der Waals surface area contributed by atoms with E-state index in [1.807, 2.05) is 45.9 Å². The molecular weight excluding hydrogens is 1390 g/mol. The van der Waals surface area contributed by atoms with Crippen LogP contribution in [-0.4, -0.2) is 162 Å². The maximum Gasteiger partial charge on any atom is 0.309 e. The normalized spacial score (nSPS) is 15.5. The average molecular weight is 1500 g/mol. The lowest BCUT2D eigenvalue weighted by Crippen LogP contribution is -2.50. The molecule has 1 aliphatic rings. The summed E-state index contributed by atoms with van der Waals surface area (Å²) in [7, 11) is 0. The molecule has 4 aromatic carbocycles. The van der Waals surface area contributed by atoms with Crippen LogP contribution in [0.1, 0.15) is 160 Å². The van der Waals surface area contributed by atoms with E-state index in [-0.39, 0.29) is 99.5 Å². The van der Waals surface area contributed by atoms with Crippen molar-refractivity contribution in [3.8, 4) is 11.5 Å². The quantitative estimate of drug-likeness (QED) is 0.0113. The first kappa shape index (κ1) is 86.8. The van der Waals surface area contributed by atoms with Crippen LogP contribution in [0.4, 0.5) is 0 Å². The highest BCUT2D eigenvalue weighted by molar-refractivity contribution is 5.99. The summed E-state index contributed by atoms with van der Waals surface area (Å²) < 4.78 is 0. The molecule has 1 fully saturated rings. The maximum absolute atomic E-state index is 15.2. The number of nitrogens with zero attached hydrogens (tertiary/aromatic N) is 1. The summed E-state index contributed by atoms with van der Waals surface area (Å²) in [5, 5.41) is 75.3. The van der Waals surface area contributed by atoms with Crippen LogP contribution < -0.4 is 38.1 Å². The zero-order chi connectivity index (χ0) is 79.1. The minimum absolute atomic E-state index is 0.00334. The predicted octanol–water partition coefficient (Wildman–Crippen LogP) is 6.45. The molecule has 11 atom stereocenters. The molecule has 1 aliphatic carbocycles. The Balaban J connectivity index is 1.27. The number of aromatic nitrogens is 1. The number of carboxylic acids is 2. The highest BCUT2D eigenvalue weighted by Gasteiger charge is 2.39. The first-order chi connectivity index (χ1) is 51.4. The summed E-state index contributed by atoms with van der Waals surface area (Å²) >= 11 is 0. The van der Waals surface area contributed by atoms with Crippen molar-refractivity contribution in [2.24, 2.45) is 69.7 Å². The van der Waals surface area contributed by atoms with Crippen LogP contribution in [0.25, 0.3) is 10.9 Å². The van der Waals surface area contributed by atoms with Crippen molar-refractivity contribution in [3.63, 3.8) is 0 Å². The SMILES string of the molecule is CC(C)C[C@H](CC(=O)[C@H](Cc1ccc(O)cc1)NC(=O)[C@@H](CCCN=C(N)N)CC(=O)[C@@H](CO)NC(=O)[C@@H](CC(=O)[C@H](CC1CCCCC1)NC(=O)[C@@H](C)CC(=O)O)Cc1ccccc1)C(=O)N[C@@H](Cc1ccc(O)cc1)C(=O)C[C@@H](CC(C)C)C(=O)N[C@@H](Cc1c[nH]c2ccccc12)C(=O)C[C@@H](CO)C(=O)O. The third kappa shape index (κ3) is 28.9. The molecule has 1 heterocycles. The number of benzene rings is 4. The van der Waals surface area contributed by atoms with Gasteiger partial charge in [0.25, 0.3) is 0 Å². The molecule has 0 saturated heterocycles. The number of nitrogens with one attached hydrogen (secondary N) is 6. The van der Waals surface area contributed by atoms with Gasteiger partial charge in [-0.25, -0.2) is 0 Å². The second-order valence-electron chi connectivity index (χ2n) is 29.8. The number of phenolic OH excluding ortho intramolecular Hbond substituents is 2. The molecule has 5 aromatic rings. The molecule has 16 N–H and O–H groups in total. The van der Waals surface area contributed by atoms with E-state index >= 15 is 19.2 Å². The van der Waals surface area contributed by atoms with Gasteiger partial charge in [0.2, 0.25) is 29.5 Å². The minimum atomic E-state index is -1.64. The van der Waals surface area contributed by atoms with E-state index < -0.39 is 188 Å². The summed E-state index contributed by atoms with van der Waals surface area (Å²) in [5.74, 6) is -17.5. The molecular formula is C81H109N9O18. The van der Waals surface area contributed by atoms with Crippen LogP contribution in [0.2, 0.25) is 0 Å². The number of carbonyl (C=O) groups is 12. The van der Waals surface area contributed by atoms with Crippen LogP contribution in [0.15, 0.2) is 114 Å². The largest absolute Gasteiger partial charge is 0.508 e. The number of hydrogen-bond acceptors (Lipinski definition) is 17. The van der Waals surface area contributed by atoms with Gasteiger partial charge in [-0.3, -0.25) is 62.5 Å². The molecule has 0 aliphatic heterocycles. The molecule has 0 bridgehead atoms. The van der Waals surface area contributed by atoms with Gasteiger partial charge in [0.15, 0.2) is 34.9 Å². The van der Waals surface area contributed by atoms with Gasteiger partial charge in [-0.2, -0.15) is 0 Å². The highest BCUT2D eigenvalue weighted by atomic mass is 16.4. The molecule has 1 saturated carbocycles. The number of nitrogens with two attached hydrogens (primary N) is 2. The number of guanidine groups is 1. The highest BCUT2D eigenvalue weighted by Crippen LogP contribution is 2.31. The fourth-order valence-electron chi connectivity index (χ4n) is 14.0. The van der Waals surface area contributed by atoms with E-state index in [0.29, 0.717) is 22.3 Å². The molecule has 27 nitrogen and oxygen atoms in total. The topological polar surface area (TPSA) is 467 Å². The fraction of sp³-hybridized carbons (Fsp3) is 0.519. The van der Waals surface area contributed by atoms with E-state index in [0.717, 1.165) is 43.0 Å². The molecule has 27 heteroatoms. The number of phenols is 2. The number of fused-ring (bicyclic) bond motifs is 1. The number of ketones is 5. The number of Topliss-reactive ketones (excluding diaryl/α,β-unsaturated/α-hetero) is 5. The number of H-pyrrole nitrogens is 1. The number of aliphatic hydroxyl groups excluding tert-OH is 2. The van der Waals surface area contributed by atoms with Gasteiger partial charge in [-0.1, -0.05) is 140 Å². The van der Waals surface area contributed by atoms with Gasteiger partial charge >= 0.3 is 11.9 Å². The first-order valence-corrected chi connectivity index (χ1v) is 37.4. The summed E-state index contributed by atoms with van der Waals surface area (Å²) in [5.41, 5.74) is 14.3. The number of carboxylic acid groups (broad SMARTS) is 2. The van der Waals surface area contributed by atoms with Crippen molar-refractivity contribution in [1.82, 2.24) is 31.6 Å². The molecule has 108 heavy (non-hydrogen) atoms. The van der Waals surface area contributed by atoms with Crippen molar-refractivity contribution in [2.75, 3.05) is 19.8 Å². The van der Waals surface area contributed by atoms with E-state index in [4.69, 9.17) is 11.5 Å². The van der Waals surface area contributed by atoms with E-state index in [1.165, 1.54) is 43.3 Å².